The quantitative estimate of drug-likeness (QED) is 0.747. The van der Waals surface area contributed by atoms with Crippen LogP contribution in [0.4, 0.5) is 0 Å². The van der Waals surface area contributed by atoms with E-state index in [1.807, 2.05) is 6.92 Å². The smallest absolute Gasteiger partial charge is 0.0266 e. The number of benzene rings is 2. The highest BCUT2D eigenvalue weighted by atomic mass is 14.6. The largest absolute Gasteiger partial charge is 0.324 e. The molecule has 2 rings (SSSR count). The summed E-state index contributed by atoms with van der Waals surface area (Å²) in [5.41, 5.74) is 9.75. The second-order valence-corrected chi connectivity index (χ2v) is 4.33. The Kier molecular flexibility index (Phi) is 2.49. The van der Waals surface area contributed by atoms with Gasteiger partial charge in [0.25, 0.3) is 0 Å². The van der Waals surface area contributed by atoms with Crippen molar-refractivity contribution in [2.75, 3.05) is 0 Å². The fraction of sp³-hybridized carbons (Fsp3) is 0.286. The van der Waals surface area contributed by atoms with E-state index >= 15 is 0 Å². The minimum Gasteiger partial charge on any atom is -0.324 e. The Morgan fingerprint density at radius 3 is 2.13 bits per heavy atom. The lowest BCUT2D eigenvalue weighted by atomic mass is 9.99. The topological polar surface area (TPSA) is 26.0 Å². The molecule has 15 heavy (non-hydrogen) atoms. The van der Waals surface area contributed by atoms with E-state index < -0.39 is 0 Å². The number of nitrogens with two attached hydrogens (primary N) is 1. The van der Waals surface area contributed by atoms with Gasteiger partial charge in [0.15, 0.2) is 0 Å². The predicted octanol–water partition coefficient (Wildman–Crippen LogP) is 3.48. The maximum absolute atomic E-state index is 5.87. The lowest BCUT2D eigenvalue weighted by Crippen LogP contribution is -2.04. The van der Waals surface area contributed by atoms with Crippen LogP contribution in [0.3, 0.4) is 0 Å². The van der Waals surface area contributed by atoms with Gasteiger partial charge in [-0.25, -0.2) is 0 Å². The molecule has 0 spiro atoms. The van der Waals surface area contributed by atoms with E-state index in [9.17, 15) is 0 Å². The van der Waals surface area contributed by atoms with Crippen molar-refractivity contribution >= 4 is 10.8 Å². The fourth-order valence-electron chi connectivity index (χ4n) is 1.83. The van der Waals surface area contributed by atoms with Crippen molar-refractivity contribution in [2.24, 2.45) is 5.73 Å². The third kappa shape index (κ3) is 1.88. The van der Waals surface area contributed by atoms with Gasteiger partial charge in [0, 0.05) is 6.04 Å². The van der Waals surface area contributed by atoms with Crippen molar-refractivity contribution in [3.05, 3.63) is 47.0 Å². The minimum atomic E-state index is 0.107. The number of aryl methyl sites for hydroxylation is 2. The van der Waals surface area contributed by atoms with Gasteiger partial charge in [-0.1, -0.05) is 24.3 Å². The third-order valence-corrected chi connectivity index (χ3v) is 3.00. The van der Waals surface area contributed by atoms with E-state index in [4.69, 9.17) is 5.73 Å². The molecule has 0 fully saturated rings. The monoisotopic (exact) mass is 199 g/mol. The number of hydrogen-bond donors (Lipinski definition) is 1. The van der Waals surface area contributed by atoms with Crippen LogP contribution in [-0.2, 0) is 0 Å². The first-order chi connectivity index (χ1) is 7.08. The Bertz CT molecular complexity index is 498. The SMILES string of the molecule is Cc1cc2ccc([C@H](C)N)cc2cc1C. The molecule has 0 bridgehead atoms. The van der Waals surface area contributed by atoms with Crippen molar-refractivity contribution in [2.45, 2.75) is 26.8 Å². The molecular weight excluding hydrogens is 182 g/mol. The van der Waals surface area contributed by atoms with Gasteiger partial charge in [-0.2, -0.15) is 0 Å². The van der Waals surface area contributed by atoms with Crippen molar-refractivity contribution in [1.82, 2.24) is 0 Å². The molecule has 0 aliphatic carbocycles. The van der Waals surface area contributed by atoms with Crippen LogP contribution in [0, 0.1) is 13.8 Å². The number of rotatable bonds is 1. The van der Waals surface area contributed by atoms with Gasteiger partial charge < -0.3 is 5.73 Å². The molecule has 0 unspecified atom stereocenters. The number of hydrogen-bond acceptors (Lipinski definition) is 1. The lowest BCUT2D eigenvalue weighted by molar-refractivity contribution is 0.820. The van der Waals surface area contributed by atoms with Crippen LogP contribution in [0.2, 0.25) is 0 Å². The Hall–Kier alpha value is -1.34. The van der Waals surface area contributed by atoms with Crippen molar-refractivity contribution in [3.63, 3.8) is 0 Å². The average molecular weight is 199 g/mol. The standard InChI is InChI=1S/C14H17N/c1-9-6-13-5-4-12(11(3)15)8-14(13)7-10(9)2/h4-8,11H,15H2,1-3H3/t11-/m0/s1. The molecule has 1 nitrogen and oxygen atoms in total. The summed E-state index contributed by atoms with van der Waals surface area (Å²) in [7, 11) is 0. The molecule has 0 amide bonds. The van der Waals surface area contributed by atoms with E-state index in [1.54, 1.807) is 0 Å². The first kappa shape index (κ1) is 10.2. The molecule has 0 saturated heterocycles. The van der Waals surface area contributed by atoms with E-state index in [0.717, 1.165) is 0 Å². The molecular formula is C14H17N. The summed E-state index contributed by atoms with van der Waals surface area (Å²) in [6, 6.07) is 11.0. The van der Waals surface area contributed by atoms with Gasteiger partial charge in [-0.3, -0.25) is 0 Å². The molecule has 0 aliphatic rings. The molecule has 2 aromatic carbocycles. The third-order valence-electron chi connectivity index (χ3n) is 3.00. The summed E-state index contributed by atoms with van der Waals surface area (Å²) < 4.78 is 0. The highest BCUT2D eigenvalue weighted by Crippen LogP contribution is 2.22. The molecule has 1 atom stereocenters. The Morgan fingerprint density at radius 1 is 0.933 bits per heavy atom. The summed E-state index contributed by atoms with van der Waals surface area (Å²) in [6.07, 6.45) is 0. The summed E-state index contributed by atoms with van der Waals surface area (Å²) in [6.45, 7) is 6.31. The van der Waals surface area contributed by atoms with Crippen LogP contribution < -0.4 is 5.73 Å². The van der Waals surface area contributed by atoms with Gasteiger partial charge in [-0.05, 0) is 54.3 Å². The first-order valence-corrected chi connectivity index (χ1v) is 5.34. The second-order valence-electron chi connectivity index (χ2n) is 4.33. The normalized spacial score (nSPS) is 13.1. The molecule has 78 valence electrons. The van der Waals surface area contributed by atoms with Crippen LogP contribution in [0.1, 0.15) is 29.7 Å². The van der Waals surface area contributed by atoms with Gasteiger partial charge >= 0.3 is 0 Å². The molecule has 1 heteroatoms. The Labute approximate surface area is 90.9 Å². The van der Waals surface area contributed by atoms with Crippen LogP contribution in [0.5, 0.6) is 0 Å². The van der Waals surface area contributed by atoms with Crippen molar-refractivity contribution in [3.8, 4) is 0 Å². The second kappa shape index (κ2) is 3.67. The van der Waals surface area contributed by atoms with Crippen molar-refractivity contribution in [1.29, 1.82) is 0 Å². The highest BCUT2D eigenvalue weighted by Gasteiger charge is 2.02. The van der Waals surface area contributed by atoms with Gasteiger partial charge in [0.1, 0.15) is 0 Å². The van der Waals surface area contributed by atoms with Gasteiger partial charge in [0.05, 0.1) is 0 Å². The summed E-state index contributed by atoms with van der Waals surface area (Å²) >= 11 is 0. The number of fused-ring (bicyclic) bond motifs is 1. The van der Waals surface area contributed by atoms with Gasteiger partial charge in [0.2, 0.25) is 0 Å². The van der Waals surface area contributed by atoms with Crippen LogP contribution >= 0.6 is 0 Å². The maximum atomic E-state index is 5.87. The molecule has 0 aromatic heterocycles. The fourth-order valence-corrected chi connectivity index (χ4v) is 1.83. The van der Waals surface area contributed by atoms with Crippen LogP contribution in [0.15, 0.2) is 30.3 Å². The highest BCUT2D eigenvalue weighted by molar-refractivity contribution is 5.84. The molecule has 0 saturated carbocycles. The summed E-state index contributed by atoms with van der Waals surface area (Å²) in [5.74, 6) is 0. The van der Waals surface area contributed by atoms with E-state index in [2.05, 4.69) is 44.2 Å². The Balaban J connectivity index is 2.66. The Morgan fingerprint density at radius 2 is 1.53 bits per heavy atom. The maximum Gasteiger partial charge on any atom is 0.0266 e. The molecule has 2 aromatic rings. The molecule has 0 aliphatic heterocycles. The van der Waals surface area contributed by atoms with Crippen molar-refractivity contribution < 1.29 is 0 Å². The summed E-state index contributed by atoms with van der Waals surface area (Å²) in [4.78, 5) is 0. The predicted molar refractivity (Wildman–Crippen MR) is 66.0 cm³/mol. The van der Waals surface area contributed by atoms with E-state index in [-0.39, 0.29) is 6.04 Å². The summed E-state index contributed by atoms with van der Waals surface area (Å²) in [5, 5.41) is 2.58. The molecule has 0 heterocycles. The zero-order valence-electron chi connectivity index (χ0n) is 9.54. The zero-order chi connectivity index (χ0) is 11.0. The lowest BCUT2D eigenvalue weighted by Gasteiger charge is -2.09. The van der Waals surface area contributed by atoms with Crippen LogP contribution in [-0.4, -0.2) is 0 Å². The molecule has 2 N–H and O–H groups in total. The van der Waals surface area contributed by atoms with E-state index in [1.165, 1.54) is 27.5 Å². The zero-order valence-corrected chi connectivity index (χ0v) is 9.54. The molecule has 0 radical (unpaired) electrons. The minimum absolute atomic E-state index is 0.107. The van der Waals surface area contributed by atoms with Crippen LogP contribution in [0.25, 0.3) is 10.8 Å². The first-order valence-electron chi connectivity index (χ1n) is 5.34. The van der Waals surface area contributed by atoms with Gasteiger partial charge in [-0.15, -0.1) is 0 Å². The average Bonchev–Trinajstić information content (AvgIpc) is 2.19. The van der Waals surface area contributed by atoms with E-state index in [0.29, 0.717) is 0 Å².